The molecule has 0 fully saturated rings. The number of carbonyl (C=O) groups excluding carboxylic acids is 2. The molecule has 7 heteroatoms. The Morgan fingerprint density at radius 2 is 1.85 bits per heavy atom. The normalized spacial score (nSPS) is 17.9. The van der Waals surface area contributed by atoms with Crippen LogP contribution in [0.15, 0.2) is 65.3 Å². The lowest BCUT2D eigenvalue weighted by Gasteiger charge is -2.32. The van der Waals surface area contributed by atoms with E-state index in [1.165, 1.54) is 12.7 Å². The van der Waals surface area contributed by atoms with Crippen molar-refractivity contribution in [3.8, 4) is 11.5 Å². The molecular formula is C26H27NO6. The Morgan fingerprint density at radius 3 is 2.55 bits per heavy atom. The Labute approximate surface area is 192 Å². The number of esters is 1. The molecule has 1 atom stereocenters. The van der Waals surface area contributed by atoms with Gasteiger partial charge in [-0.05, 0) is 36.6 Å². The van der Waals surface area contributed by atoms with Crippen molar-refractivity contribution in [1.29, 1.82) is 0 Å². The van der Waals surface area contributed by atoms with Crippen LogP contribution >= 0.6 is 0 Å². The molecule has 2 aromatic rings. The fraction of sp³-hybridized carbons (Fsp3) is 0.308. The summed E-state index contributed by atoms with van der Waals surface area (Å²) < 4.78 is 22.2. The maximum atomic E-state index is 12.9. The van der Waals surface area contributed by atoms with Crippen LogP contribution in [0.1, 0.15) is 41.9 Å². The lowest BCUT2D eigenvalue weighted by atomic mass is 9.77. The van der Waals surface area contributed by atoms with Crippen molar-refractivity contribution < 1.29 is 28.5 Å². The summed E-state index contributed by atoms with van der Waals surface area (Å²) in [6, 6.07) is 13.4. The van der Waals surface area contributed by atoms with Gasteiger partial charge in [0, 0.05) is 18.4 Å². The molecular weight excluding hydrogens is 422 g/mol. The highest BCUT2D eigenvalue weighted by molar-refractivity contribution is 6.03. The Bertz CT molecular complexity index is 1150. The molecule has 1 heterocycles. The molecule has 172 valence electrons. The number of ketones is 1. The van der Waals surface area contributed by atoms with E-state index in [0.29, 0.717) is 54.3 Å². The number of ether oxygens (including phenoxy) is 4. The minimum atomic E-state index is -0.700. The van der Waals surface area contributed by atoms with Crippen molar-refractivity contribution in [2.24, 2.45) is 5.73 Å². The molecule has 0 unspecified atom stereocenters. The van der Waals surface area contributed by atoms with Crippen molar-refractivity contribution in [2.75, 3.05) is 14.2 Å². The molecule has 1 aliphatic heterocycles. The first-order chi connectivity index (χ1) is 15.9. The zero-order valence-electron chi connectivity index (χ0n) is 19.0. The van der Waals surface area contributed by atoms with Crippen LogP contribution in [0.5, 0.6) is 11.5 Å². The van der Waals surface area contributed by atoms with E-state index in [-0.39, 0.29) is 17.2 Å². The Balaban J connectivity index is 1.71. The van der Waals surface area contributed by atoms with Crippen LogP contribution in [0.3, 0.4) is 0 Å². The zero-order valence-corrected chi connectivity index (χ0v) is 19.0. The van der Waals surface area contributed by atoms with Gasteiger partial charge in [0.25, 0.3) is 0 Å². The first-order valence-corrected chi connectivity index (χ1v) is 10.8. The van der Waals surface area contributed by atoms with Crippen LogP contribution in [0.25, 0.3) is 0 Å². The monoisotopic (exact) mass is 449 g/mol. The van der Waals surface area contributed by atoms with Gasteiger partial charge in [-0.1, -0.05) is 35.9 Å². The highest BCUT2D eigenvalue weighted by Crippen LogP contribution is 2.45. The predicted octanol–water partition coefficient (Wildman–Crippen LogP) is 4.05. The van der Waals surface area contributed by atoms with E-state index >= 15 is 0 Å². The number of rotatable bonds is 6. The molecule has 0 amide bonds. The number of methoxy groups -OCH3 is 2. The summed E-state index contributed by atoms with van der Waals surface area (Å²) >= 11 is 0. The molecule has 0 bridgehead atoms. The lowest BCUT2D eigenvalue weighted by Crippen LogP contribution is -2.31. The zero-order chi connectivity index (χ0) is 23.5. The molecule has 4 rings (SSSR count). The van der Waals surface area contributed by atoms with Crippen molar-refractivity contribution in [2.45, 2.75) is 38.7 Å². The van der Waals surface area contributed by atoms with Crippen molar-refractivity contribution in [1.82, 2.24) is 0 Å². The van der Waals surface area contributed by atoms with Crippen LogP contribution < -0.4 is 15.2 Å². The fourth-order valence-electron chi connectivity index (χ4n) is 4.23. The van der Waals surface area contributed by atoms with E-state index in [0.717, 1.165) is 5.56 Å². The fourth-order valence-corrected chi connectivity index (χ4v) is 4.23. The summed E-state index contributed by atoms with van der Waals surface area (Å²) in [5, 5.41) is 0. The number of nitrogens with two attached hydrogens (primary N) is 1. The van der Waals surface area contributed by atoms with Crippen LogP contribution in [0.2, 0.25) is 0 Å². The van der Waals surface area contributed by atoms with E-state index in [1.54, 1.807) is 19.2 Å². The summed E-state index contributed by atoms with van der Waals surface area (Å²) in [6.45, 7) is 2.41. The smallest absolute Gasteiger partial charge is 0.340 e. The van der Waals surface area contributed by atoms with Gasteiger partial charge < -0.3 is 24.7 Å². The SMILES string of the molecule is COC(=O)C1=C(N)OC2=C(C(=O)CCC2)[C@@H]1c1ccc(OCc2ccc(C)cc2)c(OC)c1. The van der Waals surface area contributed by atoms with Crippen molar-refractivity contribution >= 4 is 11.8 Å². The number of hydrogen-bond donors (Lipinski definition) is 1. The Kier molecular flexibility index (Phi) is 6.40. The maximum absolute atomic E-state index is 12.9. The standard InChI is InChI=1S/C26H27NO6/c1-15-7-9-16(10-8-15)14-32-19-12-11-17(13-21(19)30-2)22-23-18(28)5-4-6-20(23)33-25(27)24(22)26(29)31-3/h7-13,22H,4-6,14,27H2,1-3H3/t22-/m0/s1. The third-order valence-corrected chi connectivity index (χ3v) is 5.93. The molecule has 2 aliphatic rings. The molecule has 0 spiro atoms. The second kappa shape index (κ2) is 9.40. The second-order valence-electron chi connectivity index (χ2n) is 8.10. The van der Waals surface area contributed by atoms with Crippen molar-refractivity contribution in [3.63, 3.8) is 0 Å². The summed E-state index contributed by atoms with van der Waals surface area (Å²) in [5.74, 6) is 0.108. The third kappa shape index (κ3) is 4.44. The summed E-state index contributed by atoms with van der Waals surface area (Å²) in [5.41, 5.74) is 9.55. The molecule has 0 saturated carbocycles. The van der Waals surface area contributed by atoms with Gasteiger partial charge in [-0.3, -0.25) is 4.79 Å². The van der Waals surface area contributed by atoms with Crippen molar-refractivity contribution in [3.05, 3.63) is 81.9 Å². The third-order valence-electron chi connectivity index (χ3n) is 5.93. The molecule has 33 heavy (non-hydrogen) atoms. The van der Waals surface area contributed by atoms with E-state index in [2.05, 4.69) is 0 Å². The van der Waals surface area contributed by atoms with Gasteiger partial charge in [0.1, 0.15) is 17.9 Å². The Hall–Kier alpha value is -3.74. The van der Waals surface area contributed by atoms with Gasteiger partial charge in [0.2, 0.25) is 5.88 Å². The number of aryl methyl sites for hydroxylation is 1. The van der Waals surface area contributed by atoms with E-state index in [4.69, 9.17) is 24.7 Å². The van der Waals surface area contributed by atoms with Crippen LogP contribution in [-0.2, 0) is 25.7 Å². The molecule has 2 aromatic carbocycles. The first kappa shape index (κ1) is 22.5. The lowest BCUT2D eigenvalue weighted by molar-refractivity contribution is -0.136. The van der Waals surface area contributed by atoms with Gasteiger partial charge >= 0.3 is 5.97 Å². The largest absolute Gasteiger partial charge is 0.493 e. The van der Waals surface area contributed by atoms with E-state index < -0.39 is 11.9 Å². The topological polar surface area (TPSA) is 97.1 Å². The van der Waals surface area contributed by atoms with E-state index in [9.17, 15) is 9.59 Å². The molecule has 1 aliphatic carbocycles. The number of carbonyl (C=O) groups is 2. The van der Waals surface area contributed by atoms with Gasteiger partial charge in [-0.15, -0.1) is 0 Å². The number of allylic oxidation sites excluding steroid dienone is 2. The van der Waals surface area contributed by atoms with E-state index in [1.807, 2.05) is 37.3 Å². The minimum absolute atomic E-state index is 0.0426. The predicted molar refractivity (Wildman–Crippen MR) is 121 cm³/mol. The van der Waals surface area contributed by atoms with Crippen LogP contribution in [-0.4, -0.2) is 26.0 Å². The number of Topliss-reactive ketones (excluding diaryl/α,β-unsaturated/α-hetero) is 1. The Morgan fingerprint density at radius 1 is 1.09 bits per heavy atom. The molecule has 2 N–H and O–H groups in total. The van der Waals surface area contributed by atoms with Gasteiger partial charge in [-0.2, -0.15) is 0 Å². The minimum Gasteiger partial charge on any atom is -0.493 e. The average Bonchev–Trinajstić information content (AvgIpc) is 2.82. The summed E-state index contributed by atoms with van der Waals surface area (Å²) in [6.07, 6.45) is 1.66. The quantitative estimate of drug-likeness (QED) is 0.665. The van der Waals surface area contributed by atoms with Gasteiger partial charge in [0.05, 0.1) is 20.1 Å². The number of hydrogen-bond acceptors (Lipinski definition) is 7. The highest BCUT2D eigenvalue weighted by atomic mass is 16.5. The van der Waals surface area contributed by atoms with Gasteiger partial charge in [0.15, 0.2) is 17.3 Å². The maximum Gasteiger partial charge on any atom is 0.340 e. The summed E-state index contributed by atoms with van der Waals surface area (Å²) in [7, 11) is 2.82. The average molecular weight is 450 g/mol. The van der Waals surface area contributed by atoms with Crippen LogP contribution in [0.4, 0.5) is 0 Å². The molecule has 0 saturated heterocycles. The van der Waals surface area contributed by atoms with Crippen LogP contribution in [0, 0.1) is 6.92 Å². The second-order valence-corrected chi connectivity index (χ2v) is 8.10. The molecule has 0 radical (unpaired) electrons. The molecule has 7 nitrogen and oxygen atoms in total. The van der Waals surface area contributed by atoms with Gasteiger partial charge in [-0.25, -0.2) is 4.79 Å². The first-order valence-electron chi connectivity index (χ1n) is 10.8. The number of benzene rings is 2. The molecule has 0 aromatic heterocycles. The summed E-state index contributed by atoms with van der Waals surface area (Å²) in [4.78, 5) is 25.5. The highest BCUT2D eigenvalue weighted by Gasteiger charge is 2.41.